The Kier molecular flexibility index (Phi) is 3.84. The Morgan fingerprint density at radius 1 is 1.28 bits per heavy atom. The molecule has 2 heterocycles. The van der Waals surface area contributed by atoms with E-state index in [-0.39, 0.29) is 18.2 Å². The Bertz CT molecular complexity index is 369. The van der Waals surface area contributed by atoms with Crippen LogP contribution in [0.3, 0.4) is 0 Å². The number of hydrogen-bond donors (Lipinski definition) is 1. The van der Waals surface area contributed by atoms with Crippen molar-refractivity contribution in [2.24, 2.45) is 0 Å². The van der Waals surface area contributed by atoms with Crippen LogP contribution in [-0.4, -0.2) is 58.4 Å². The van der Waals surface area contributed by atoms with Gasteiger partial charge in [-0.2, -0.15) is 0 Å². The highest BCUT2D eigenvalue weighted by Crippen LogP contribution is 2.19. The standard InChI is InChI=1S/C12H18N2O4/c15-10-4-2-6-13(10)8-5-11(16)14-7-1-3-9(14)12(17)18/h9H,1-8H2,(H,17,18)/t9-/m0/s1. The Morgan fingerprint density at radius 2 is 2.06 bits per heavy atom. The molecule has 0 aliphatic carbocycles. The zero-order valence-electron chi connectivity index (χ0n) is 10.3. The molecule has 2 rings (SSSR count). The first-order valence-corrected chi connectivity index (χ1v) is 6.39. The number of carboxylic acids is 1. The van der Waals surface area contributed by atoms with Crippen molar-refractivity contribution < 1.29 is 19.5 Å². The van der Waals surface area contributed by atoms with Crippen LogP contribution in [0.2, 0.25) is 0 Å². The largest absolute Gasteiger partial charge is 0.480 e. The van der Waals surface area contributed by atoms with E-state index >= 15 is 0 Å². The van der Waals surface area contributed by atoms with E-state index in [2.05, 4.69) is 0 Å². The minimum Gasteiger partial charge on any atom is -0.480 e. The van der Waals surface area contributed by atoms with E-state index in [1.165, 1.54) is 4.90 Å². The first-order chi connectivity index (χ1) is 8.59. The van der Waals surface area contributed by atoms with Gasteiger partial charge in [0.2, 0.25) is 11.8 Å². The molecule has 18 heavy (non-hydrogen) atoms. The molecule has 6 nitrogen and oxygen atoms in total. The summed E-state index contributed by atoms with van der Waals surface area (Å²) in [5.74, 6) is -0.989. The molecule has 100 valence electrons. The van der Waals surface area contributed by atoms with E-state index in [1.54, 1.807) is 4.90 Å². The maximum absolute atomic E-state index is 11.9. The molecule has 0 saturated carbocycles. The Hall–Kier alpha value is -1.59. The van der Waals surface area contributed by atoms with Crippen molar-refractivity contribution >= 4 is 17.8 Å². The molecule has 1 N–H and O–H groups in total. The van der Waals surface area contributed by atoms with Gasteiger partial charge >= 0.3 is 5.97 Å². The first-order valence-electron chi connectivity index (χ1n) is 6.39. The molecule has 6 heteroatoms. The monoisotopic (exact) mass is 254 g/mol. The summed E-state index contributed by atoms with van der Waals surface area (Å²) in [4.78, 5) is 37.4. The Morgan fingerprint density at radius 3 is 2.67 bits per heavy atom. The molecule has 0 bridgehead atoms. The van der Waals surface area contributed by atoms with Gasteiger partial charge in [0.1, 0.15) is 6.04 Å². The van der Waals surface area contributed by atoms with Crippen molar-refractivity contribution in [3.8, 4) is 0 Å². The van der Waals surface area contributed by atoms with Crippen molar-refractivity contribution in [3.05, 3.63) is 0 Å². The second kappa shape index (κ2) is 5.37. The summed E-state index contributed by atoms with van der Waals surface area (Å²) in [5.41, 5.74) is 0. The van der Waals surface area contributed by atoms with Gasteiger partial charge in [-0.15, -0.1) is 0 Å². The van der Waals surface area contributed by atoms with Crippen molar-refractivity contribution in [1.82, 2.24) is 9.80 Å². The third-order valence-corrected chi connectivity index (χ3v) is 3.63. The maximum atomic E-state index is 11.9. The van der Waals surface area contributed by atoms with Crippen LogP contribution in [0.25, 0.3) is 0 Å². The summed E-state index contributed by atoms with van der Waals surface area (Å²) >= 11 is 0. The summed E-state index contributed by atoms with van der Waals surface area (Å²) in [6.45, 7) is 1.65. The molecule has 2 aliphatic heterocycles. The van der Waals surface area contributed by atoms with E-state index < -0.39 is 12.0 Å². The molecule has 1 atom stereocenters. The number of carboxylic acid groups (broad SMARTS) is 1. The normalized spacial score (nSPS) is 23.8. The highest BCUT2D eigenvalue weighted by Gasteiger charge is 2.34. The molecule has 0 spiro atoms. The number of hydrogen-bond acceptors (Lipinski definition) is 3. The zero-order chi connectivity index (χ0) is 13.1. The fraction of sp³-hybridized carbons (Fsp3) is 0.750. The molecule has 2 amide bonds. The molecule has 2 fully saturated rings. The lowest BCUT2D eigenvalue weighted by Crippen LogP contribution is -2.41. The van der Waals surface area contributed by atoms with Crippen LogP contribution in [0.15, 0.2) is 0 Å². The third kappa shape index (κ3) is 2.63. The Balaban J connectivity index is 1.84. The first kappa shape index (κ1) is 12.9. The molecule has 0 unspecified atom stereocenters. The number of rotatable bonds is 4. The van der Waals surface area contributed by atoms with Gasteiger partial charge in [-0.05, 0) is 19.3 Å². The molecule has 2 saturated heterocycles. The maximum Gasteiger partial charge on any atom is 0.326 e. The molecule has 0 aromatic rings. The van der Waals surface area contributed by atoms with Crippen LogP contribution in [-0.2, 0) is 14.4 Å². The molecule has 0 aromatic heterocycles. The number of carbonyl (C=O) groups excluding carboxylic acids is 2. The van der Waals surface area contributed by atoms with Gasteiger partial charge in [0.25, 0.3) is 0 Å². The average molecular weight is 254 g/mol. The minimum atomic E-state index is -0.932. The summed E-state index contributed by atoms with van der Waals surface area (Å²) in [7, 11) is 0. The lowest BCUT2D eigenvalue weighted by atomic mass is 10.2. The molecular weight excluding hydrogens is 236 g/mol. The smallest absolute Gasteiger partial charge is 0.326 e. The lowest BCUT2D eigenvalue weighted by Gasteiger charge is -2.23. The van der Waals surface area contributed by atoms with E-state index in [1.807, 2.05) is 0 Å². The van der Waals surface area contributed by atoms with E-state index in [9.17, 15) is 14.4 Å². The molecule has 2 aliphatic rings. The zero-order valence-corrected chi connectivity index (χ0v) is 10.3. The Labute approximate surface area is 106 Å². The van der Waals surface area contributed by atoms with E-state index in [4.69, 9.17) is 5.11 Å². The number of aliphatic carboxylic acids is 1. The summed E-state index contributed by atoms with van der Waals surface area (Å²) < 4.78 is 0. The predicted octanol–water partition coefficient (Wildman–Crippen LogP) is 0.0745. The van der Waals surface area contributed by atoms with Crippen molar-refractivity contribution in [1.29, 1.82) is 0 Å². The summed E-state index contributed by atoms with van der Waals surface area (Å²) in [6.07, 6.45) is 2.93. The van der Waals surface area contributed by atoms with Crippen molar-refractivity contribution in [2.45, 2.75) is 38.1 Å². The number of likely N-dealkylation sites (tertiary alicyclic amines) is 2. The highest BCUT2D eigenvalue weighted by molar-refractivity contribution is 5.85. The number of carbonyl (C=O) groups is 3. The average Bonchev–Trinajstić information content (AvgIpc) is 2.94. The second-order valence-corrected chi connectivity index (χ2v) is 4.82. The highest BCUT2D eigenvalue weighted by atomic mass is 16.4. The minimum absolute atomic E-state index is 0.0963. The van der Waals surface area contributed by atoms with Gasteiger partial charge in [0.15, 0.2) is 0 Å². The van der Waals surface area contributed by atoms with Crippen LogP contribution >= 0.6 is 0 Å². The summed E-state index contributed by atoms with van der Waals surface area (Å²) in [5, 5.41) is 9.00. The second-order valence-electron chi connectivity index (χ2n) is 4.82. The fourth-order valence-corrected chi connectivity index (χ4v) is 2.64. The van der Waals surface area contributed by atoms with Crippen LogP contribution < -0.4 is 0 Å². The van der Waals surface area contributed by atoms with Gasteiger partial charge < -0.3 is 14.9 Å². The molecular formula is C12H18N2O4. The molecule has 0 aromatic carbocycles. The number of nitrogens with zero attached hydrogens (tertiary/aromatic N) is 2. The van der Waals surface area contributed by atoms with E-state index in [0.29, 0.717) is 32.5 Å². The topological polar surface area (TPSA) is 77.9 Å². The lowest BCUT2D eigenvalue weighted by molar-refractivity contribution is -0.148. The van der Waals surface area contributed by atoms with E-state index in [0.717, 1.165) is 12.8 Å². The molecule has 0 radical (unpaired) electrons. The quantitative estimate of drug-likeness (QED) is 0.770. The van der Waals surface area contributed by atoms with Crippen LogP contribution in [0.1, 0.15) is 32.1 Å². The predicted molar refractivity (Wildman–Crippen MR) is 62.8 cm³/mol. The van der Waals surface area contributed by atoms with Crippen LogP contribution in [0.5, 0.6) is 0 Å². The van der Waals surface area contributed by atoms with Gasteiger partial charge in [-0.3, -0.25) is 9.59 Å². The summed E-state index contributed by atoms with van der Waals surface area (Å²) in [6, 6.07) is -0.674. The fourth-order valence-electron chi connectivity index (χ4n) is 2.64. The van der Waals surface area contributed by atoms with Crippen LogP contribution in [0, 0.1) is 0 Å². The van der Waals surface area contributed by atoms with Gasteiger partial charge in [-0.1, -0.05) is 0 Å². The number of amides is 2. The van der Waals surface area contributed by atoms with Gasteiger partial charge in [0.05, 0.1) is 0 Å². The van der Waals surface area contributed by atoms with Crippen molar-refractivity contribution in [3.63, 3.8) is 0 Å². The van der Waals surface area contributed by atoms with Gasteiger partial charge in [-0.25, -0.2) is 4.79 Å². The van der Waals surface area contributed by atoms with Crippen LogP contribution in [0.4, 0.5) is 0 Å². The van der Waals surface area contributed by atoms with Crippen molar-refractivity contribution in [2.75, 3.05) is 19.6 Å². The SMILES string of the molecule is O=C(O)[C@@H]1CCCN1C(=O)CCN1CCCC1=O. The van der Waals surface area contributed by atoms with Gasteiger partial charge in [0, 0.05) is 32.5 Å². The third-order valence-electron chi connectivity index (χ3n) is 3.63.